The van der Waals surface area contributed by atoms with Crippen molar-refractivity contribution in [3.63, 3.8) is 0 Å². The molecule has 96 valence electrons. The van der Waals surface area contributed by atoms with Crippen molar-refractivity contribution >= 4 is 11.5 Å². The predicted molar refractivity (Wildman–Crippen MR) is 72.2 cm³/mol. The van der Waals surface area contributed by atoms with Gasteiger partial charge in [-0.1, -0.05) is 13.3 Å². The number of aryl methyl sites for hydroxylation is 1. The van der Waals surface area contributed by atoms with Gasteiger partial charge in [0.15, 0.2) is 0 Å². The van der Waals surface area contributed by atoms with E-state index in [1.54, 1.807) is 0 Å². The van der Waals surface area contributed by atoms with Crippen LogP contribution < -0.4 is 11.1 Å². The quantitative estimate of drug-likeness (QED) is 0.826. The van der Waals surface area contributed by atoms with Crippen LogP contribution in [0.1, 0.15) is 51.8 Å². The van der Waals surface area contributed by atoms with E-state index in [-0.39, 0.29) is 0 Å². The summed E-state index contributed by atoms with van der Waals surface area (Å²) in [4.78, 5) is 0. The maximum atomic E-state index is 6.09. The van der Waals surface area contributed by atoms with Crippen LogP contribution in [0.5, 0.6) is 0 Å². The highest BCUT2D eigenvalue weighted by molar-refractivity contribution is 5.65. The molecule has 4 nitrogen and oxygen atoms in total. The van der Waals surface area contributed by atoms with Crippen molar-refractivity contribution in [3.05, 3.63) is 5.69 Å². The van der Waals surface area contributed by atoms with E-state index < -0.39 is 0 Å². The van der Waals surface area contributed by atoms with Crippen LogP contribution in [0.25, 0.3) is 0 Å². The first kappa shape index (κ1) is 12.3. The number of hydrogen-bond acceptors (Lipinski definition) is 3. The molecule has 2 rings (SSSR count). The summed E-state index contributed by atoms with van der Waals surface area (Å²) >= 11 is 0. The van der Waals surface area contributed by atoms with E-state index in [0.29, 0.717) is 12.1 Å². The van der Waals surface area contributed by atoms with Crippen LogP contribution >= 0.6 is 0 Å². The van der Waals surface area contributed by atoms with Gasteiger partial charge in [-0.15, -0.1) is 0 Å². The Hall–Kier alpha value is -1.19. The van der Waals surface area contributed by atoms with Gasteiger partial charge >= 0.3 is 0 Å². The molecule has 0 aromatic carbocycles. The van der Waals surface area contributed by atoms with Gasteiger partial charge in [-0.2, -0.15) is 5.10 Å². The van der Waals surface area contributed by atoms with Crippen LogP contribution in [0.2, 0.25) is 0 Å². The molecular formula is C13H24N4. The smallest absolute Gasteiger partial charge is 0.148 e. The fourth-order valence-corrected chi connectivity index (χ4v) is 2.37. The van der Waals surface area contributed by atoms with Gasteiger partial charge in [0.1, 0.15) is 5.82 Å². The first-order valence-electron chi connectivity index (χ1n) is 6.65. The Kier molecular flexibility index (Phi) is 3.31. The summed E-state index contributed by atoms with van der Waals surface area (Å²) in [7, 11) is 0. The van der Waals surface area contributed by atoms with E-state index in [0.717, 1.165) is 23.1 Å². The molecule has 1 fully saturated rings. The lowest BCUT2D eigenvalue weighted by atomic mass is 10.2. The van der Waals surface area contributed by atoms with Crippen LogP contribution in [-0.2, 0) is 0 Å². The minimum Gasteiger partial charge on any atom is -0.394 e. The van der Waals surface area contributed by atoms with Crippen molar-refractivity contribution in [2.45, 2.75) is 59.0 Å². The van der Waals surface area contributed by atoms with Crippen LogP contribution in [0.4, 0.5) is 11.5 Å². The number of nitrogens with two attached hydrogens (primary N) is 1. The van der Waals surface area contributed by atoms with Gasteiger partial charge in [-0.05, 0) is 39.5 Å². The number of nitrogens with one attached hydrogen (secondary N) is 1. The summed E-state index contributed by atoms with van der Waals surface area (Å²) in [5.41, 5.74) is 7.82. The lowest BCUT2D eigenvalue weighted by molar-refractivity contribution is 0.533. The number of aromatic nitrogens is 2. The van der Waals surface area contributed by atoms with Gasteiger partial charge in [0.2, 0.25) is 0 Å². The standard InChI is InChI=1S/C13H24N4/c1-5-6-10-7-11(10)15-13-12(14)9(4)16-17(13)8(2)3/h8,10-11,15H,5-7,14H2,1-4H3. The SMILES string of the molecule is CCCC1CC1Nc1c(N)c(C)nn1C(C)C. The van der Waals surface area contributed by atoms with Crippen molar-refractivity contribution in [3.8, 4) is 0 Å². The van der Waals surface area contributed by atoms with Crippen molar-refractivity contribution in [1.29, 1.82) is 0 Å². The Balaban J connectivity index is 2.10. The maximum absolute atomic E-state index is 6.09. The lowest BCUT2D eigenvalue weighted by Crippen LogP contribution is -2.13. The largest absolute Gasteiger partial charge is 0.394 e. The van der Waals surface area contributed by atoms with Gasteiger partial charge in [0, 0.05) is 12.1 Å². The molecule has 2 atom stereocenters. The maximum Gasteiger partial charge on any atom is 0.148 e. The van der Waals surface area contributed by atoms with E-state index in [1.165, 1.54) is 19.3 Å². The summed E-state index contributed by atoms with van der Waals surface area (Å²) in [6.07, 6.45) is 3.85. The number of rotatable bonds is 5. The highest BCUT2D eigenvalue weighted by Gasteiger charge is 2.37. The second kappa shape index (κ2) is 4.59. The third-order valence-corrected chi connectivity index (χ3v) is 3.53. The van der Waals surface area contributed by atoms with Crippen molar-refractivity contribution in [1.82, 2.24) is 9.78 Å². The van der Waals surface area contributed by atoms with Crippen LogP contribution in [-0.4, -0.2) is 15.8 Å². The van der Waals surface area contributed by atoms with Crippen molar-refractivity contribution < 1.29 is 0 Å². The highest BCUT2D eigenvalue weighted by Crippen LogP contribution is 2.39. The molecular weight excluding hydrogens is 212 g/mol. The normalized spacial score (nSPS) is 23.1. The van der Waals surface area contributed by atoms with Crippen molar-refractivity contribution in [2.24, 2.45) is 5.92 Å². The summed E-state index contributed by atoms with van der Waals surface area (Å²) in [6.45, 7) is 8.48. The van der Waals surface area contributed by atoms with E-state index in [9.17, 15) is 0 Å². The molecule has 17 heavy (non-hydrogen) atoms. The molecule has 0 spiro atoms. The Morgan fingerprint density at radius 2 is 2.24 bits per heavy atom. The van der Waals surface area contributed by atoms with Crippen LogP contribution in [0.15, 0.2) is 0 Å². The summed E-state index contributed by atoms with van der Waals surface area (Å²) < 4.78 is 2.01. The number of nitrogen functional groups attached to an aromatic ring is 1. The van der Waals surface area contributed by atoms with E-state index in [4.69, 9.17) is 5.73 Å². The average molecular weight is 236 g/mol. The van der Waals surface area contributed by atoms with E-state index in [1.807, 2.05) is 11.6 Å². The summed E-state index contributed by atoms with van der Waals surface area (Å²) in [5, 5.41) is 8.06. The molecule has 1 aliphatic rings. The van der Waals surface area contributed by atoms with E-state index in [2.05, 4.69) is 31.2 Å². The predicted octanol–water partition coefficient (Wildman–Crippen LogP) is 2.96. The van der Waals surface area contributed by atoms with Crippen LogP contribution in [0, 0.1) is 12.8 Å². The first-order chi connectivity index (χ1) is 8.04. The van der Waals surface area contributed by atoms with Gasteiger partial charge < -0.3 is 11.1 Å². The van der Waals surface area contributed by atoms with Gasteiger partial charge in [0.05, 0.1) is 11.4 Å². The first-order valence-corrected chi connectivity index (χ1v) is 6.65. The fraction of sp³-hybridized carbons (Fsp3) is 0.769. The lowest BCUT2D eigenvalue weighted by Gasteiger charge is -2.13. The number of nitrogens with zero attached hydrogens (tertiary/aromatic N) is 2. The highest BCUT2D eigenvalue weighted by atomic mass is 15.4. The Morgan fingerprint density at radius 1 is 1.53 bits per heavy atom. The van der Waals surface area contributed by atoms with Gasteiger partial charge in [-0.3, -0.25) is 0 Å². The fourth-order valence-electron chi connectivity index (χ4n) is 2.37. The molecule has 0 aliphatic heterocycles. The van der Waals surface area contributed by atoms with Gasteiger partial charge in [-0.25, -0.2) is 4.68 Å². The minimum atomic E-state index is 0.344. The Labute approximate surface area is 104 Å². The molecule has 1 heterocycles. The second-order valence-electron chi connectivity index (χ2n) is 5.42. The average Bonchev–Trinajstić information content (AvgIpc) is 2.93. The molecule has 0 amide bonds. The summed E-state index contributed by atoms with van der Waals surface area (Å²) in [6, 6.07) is 0.947. The van der Waals surface area contributed by atoms with Crippen LogP contribution in [0.3, 0.4) is 0 Å². The molecule has 0 bridgehead atoms. The summed E-state index contributed by atoms with van der Waals surface area (Å²) in [5.74, 6) is 1.84. The molecule has 1 aromatic rings. The number of anilines is 2. The molecule has 1 aromatic heterocycles. The molecule has 1 aliphatic carbocycles. The Morgan fingerprint density at radius 3 is 2.82 bits per heavy atom. The Bertz CT molecular complexity index is 394. The third kappa shape index (κ3) is 2.40. The molecule has 4 heteroatoms. The molecule has 1 saturated carbocycles. The monoisotopic (exact) mass is 236 g/mol. The third-order valence-electron chi connectivity index (χ3n) is 3.53. The molecule has 2 unspecified atom stereocenters. The molecule has 3 N–H and O–H groups in total. The van der Waals surface area contributed by atoms with Gasteiger partial charge in [0.25, 0.3) is 0 Å². The number of hydrogen-bond donors (Lipinski definition) is 2. The zero-order chi connectivity index (χ0) is 12.6. The zero-order valence-electron chi connectivity index (χ0n) is 11.3. The van der Waals surface area contributed by atoms with E-state index >= 15 is 0 Å². The molecule has 0 radical (unpaired) electrons. The molecule has 0 saturated heterocycles. The zero-order valence-corrected chi connectivity index (χ0v) is 11.3. The van der Waals surface area contributed by atoms with Crippen molar-refractivity contribution in [2.75, 3.05) is 11.1 Å². The topological polar surface area (TPSA) is 55.9 Å². The minimum absolute atomic E-state index is 0.344. The second-order valence-corrected chi connectivity index (χ2v) is 5.42.